The predicted molar refractivity (Wildman–Crippen MR) is 166 cm³/mol. The SMILES string of the molecule is C[n+]1cc(-c2ccc(OC[C@H](O/N=C(\C(=O)NC3C(=O)N(OS(=O)(=O)O)C3(C)C)c3csc(N)n3)C(=O)O)cc2)c(N)n1CCCN. The van der Waals surface area contributed by atoms with Crippen molar-refractivity contribution in [1.82, 2.24) is 20.0 Å². The quantitative estimate of drug-likeness (QED) is 0.0367. The van der Waals surface area contributed by atoms with E-state index in [0.29, 0.717) is 29.7 Å². The molecule has 0 saturated carbocycles. The fourth-order valence-electron chi connectivity index (χ4n) is 4.56. The number of oxime groups is 1. The number of nitrogens with one attached hydrogen (secondary N) is 1. The number of aryl methyl sites for hydroxylation is 1. The minimum atomic E-state index is -5.02. The van der Waals surface area contributed by atoms with Crippen LogP contribution in [0, 0.1) is 0 Å². The Balaban J connectivity index is 1.46. The summed E-state index contributed by atoms with van der Waals surface area (Å²) in [6.45, 7) is 3.37. The van der Waals surface area contributed by atoms with Gasteiger partial charge in [0.25, 0.3) is 17.9 Å². The van der Waals surface area contributed by atoms with Gasteiger partial charge in [0.2, 0.25) is 6.20 Å². The molecule has 9 N–H and O–H groups in total. The van der Waals surface area contributed by atoms with E-state index in [1.54, 1.807) is 24.3 Å². The summed E-state index contributed by atoms with van der Waals surface area (Å²) < 4.78 is 44.8. The second-order valence-corrected chi connectivity index (χ2v) is 12.6. The first-order valence-electron chi connectivity index (χ1n) is 13.8. The van der Waals surface area contributed by atoms with Gasteiger partial charge in [-0.1, -0.05) is 17.3 Å². The Labute approximate surface area is 272 Å². The molecule has 2 amide bonds. The van der Waals surface area contributed by atoms with Crippen LogP contribution in [-0.2, 0) is 47.5 Å². The number of nitrogens with zero attached hydrogens (tertiary/aromatic N) is 5. The van der Waals surface area contributed by atoms with Gasteiger partial charge in [-0.15, -0.1) is 25.0 Å². The number of carboxylic acids is 1. The van der Waals surface area contributed by atoms with Crippen molar-refractivity contribution in [3.8, 4) is 16.9 Å². The number of carbonyl (C=O) groups is 3. The molecule has 3 heterocycles. The lowest BCUT2D eigenvalue weighted by atomic mass is 9.84. The number of ether oxygens (including phenoxy) is 1. The number of hydroxylamine groups is 2. The summed E-state index contributed by atoms with van der Waals surface area (Å²) in [6, 6.07) is 5.42. The van der Waals surface area contributed by atoms with Gasteiger partial charge >= 0.3 is 16.4 Å². The van der Waals surface area contributed by atoms with Gasteiger partial charge in [0.15, 0.2) is 23.7 Å². The molecule has 1 fully saturated rings. The highest BCUT2D eigenvalue weighted by molar-refractivity contribution is 7.80. The van der Waals surface area contributed by atoms with E-state index in [9.17, 15) is 27.9 Å². The summed E-state index contributed by atoms with van der Waals surface area (Å²) >= 11 is 0.954. The standard InChI is InChI=1S/C26H33N9O10S2/c1-26(2)20(23(37)35(26)45-47(40,41)42)31-22(36)19(17-13-46-25(29)30-17)32-44-18(24(38)39)12-43-15-7-5-14(6-8-15)16-11-33(3)34(21(16)28)10-4-9-27/h5-8,11,13,18,20,28H,4,9-10,12,27H2,1-3H3,(H5,29,30,31,36,38,39,40,41,42)/p+1/b32-19-/t18-,20?/m0/s1. The number of hydrogen-bond donors (Lipinski definition) is 6. The lowest BCUT2D eigenvalue weighted by Crippen LogP contribution is -2.76. The smallest absolute Gasteiger partial charge is 0.418 e. The lowest BCUT2D eigenvalue weighted by Gasteiger charge is -2.50. The van der Waals surface area contributed by atoms with Gasteiger partial charge in [-0.3, -0.25) is 14.1 Å². The van der Waals surface area contributed by atoms with E-state index < -0.39 is 58.2 Å². The minimum absolute atomic E-state index is 0.0532. The third kappa shape index (κ3) is 7.94. The average Bonchev–Trinajstić information content (AvgIpc) is 3.56. The number of nitrogen functional groups attached to an aromatic ring is 2. The Kier molecular flexibility index (Phi) is 10.3. The molecule has 2 atom stereocenters. The Morgan fingerprint density at radius 3 is 2.49 bits per heavy atom. The van der Waals surface area contributed by atoms with Crippen molar-refractivity contribution in [2.45, 2.75) is 44.5 Å². The maximum atomic E-state index is 13.2. The average molecular weight is 697 g/mol. The molecule has 0 aliphatic carbocycles. The van der Waals surface area contributed by atoms with E-state index in [1.807, 2.05) is 22.6 Å². The molecule has 254 valence electrons. The van der Waals surface area contributed by atoms with Gasteiger partial charge in [-0.2, -0.15) is 13.5 Å². The molecule has 1 unspecified atom stereocenters. The van der Waals surface area contributed by atoms with Crippen LogP contribution in [-0.4, -0.2) is 87.1 Å². The number of amides is 2. The van der Waals surface area contributed by atoms with Gasteiger partial charge in [0, 0.05) is 5.38 Å². The first kappa shape index (κ1) is 35.0. The summed E-state index contributed by atoms with van der Waals surface area (Å²) in [5.74, 6) is -2.62. The molecule has 0 bridgehead atoms. The number of β-lactam (4-membered cyclic amide) rings is 1. The number of hydrogen-bond acceptors (Lipinski definition) is 14. The van der Waals surface area contributed by atoms with Crippen LogP contribution in [0.4, 0.5) is 10.9 Å². The molecule has 1 aliphatic heterocycles. The Morgan fingerprint density at radius 2 is 1.94 bits per heavy atom. The molecular formula is C26H34N9O10S2+. The number of nitrogens with two attached hydrogens (primary N) is 3. The zero-order valence-corrected chi connectivity index (χ0v) is 27.0. The number of thiazole rings is 1. The molecule has 1 saturated heterocycles. The van der Waals surface area contributed by atoms with Crippen LogP contribution in [0.2, 0.25) is 0 Å². The van der Waals surface area contributed by atoms with E-state index >= 15 is 0 Å². The van der Waals surface area contributed by atoms with E-state index in [1.165, 1.54) is 19.2 Å². The fourth-order valence-corrected chi connectivity index (χ4v) is 5.56. The number of carbonyl (C=O) groups excluding carboxylic acids is 2. The molecule has 4 rings (SSSR count). The third-order valence-corrected chi connectivity index (χ3v) is 8.05. The van der Waals surface area contributed by atoms with Crippen molar-refractivity contribution < 1.29 is 51.0 Å². The van der Waals surface area contributed by atoms with Crippen molar-refractivity contribution in [3.63, 3.8) is 0 Å². The molecule has 3 aromatic rings. The monoisotopic (exact) mass is 696 g/mol. The van der Waals surface area contributed by atoms with E-state index in [0.717, 1.165) is 28.9 Å². The second-order valence-electron chi connectivity index (χ2n) is 10.7. The normalized spacial score (nSPS) is 16.8. The van der Waals surface area contributed by atoms with Gasteiger partial charge in [0.05, 0.1) is 17.6 Å². The molecule has 1 aliphatic rings. The van der Waals surface area contributed by atoms with Crippen LogP contribution in [0.1, 0.15) is 26.0 Å². The predicted octanol–water partition coefficient (Wildman–Crippen LogP) is -0.958. The summed E-state index contributed by atoms with van der Waals surface area (Å²) in [5.41, 5.74) is 17.2. The van der Waals surface area contributed by atoms with Crippen LogP contribution >= 0.6 is 11.3 Å². The Morgan fingerprint density at radius 1 is 1.26 bits per heavy atom. The van der Waals surface area contributed by atoms with Gasteiger partial charge in [-0.25, -0.2) is 9.78 Å². The van der Waals surface area contributed by atoms with Crippen LogP contribution in [0.15, 0.2) is 41.0 Å². The van der Waals surface area contributed by atoms with Gasteiger partial charge in [-0.05, 0) is 44.5 Å². The molecule has 21 heteroatoms. The zero-order valence-electron chi connectivity index (χ0n) is 25.4. The Bertz CT molecular complexity index is 1790. The highest BCUT2D eigenvalue weighted by atomic mass is 32.3. The molecule has 47 heavy (non-hydrogen) atoms. The van der Waals surface area contributed by atoms with Crippen molar-refractivity contribution in [1.29, 1.82) is 0 Å². The van der Waals surface area contributed by atoms with Crippen molar-refractivity contribution >= 4 is 56.2 Å². The third-order valence-electron chi connectivity index (χ3n) is 7.04. The van der Waals surface area contributed by atoms with Crippen LogP contribution in [0.3, 0.4) is 0 Å². The van der Waals surface area contributed by atoms with Crippen molar-refractivity contribution in [2.75, 3.05) is 24.6 Å². The zero-order chi connectivity index (χ0) is 34.7. The highest BCUT2D eigenvalue weighted by Crippen LogP contribution is 2.33. The Hall–Kier alpha value is -4.83. The van der Waals surface area contributed by atoms with Crippen LogP contribution in [0.25, 0.3) is 11.1 Å². The van der Waals surface area contributed by atoms with E-state index in [4.69, 9.17) is 31.3 Å². The first-order chi connectivity index (χ1) is 22.0. The molecule has 2 aromatic heterocycles. The van der Waals surface area contributed by atoms with Gasteiger partial charge in [0.1, 0.15) is 24.1 Å². The summed E-state index contributed by atoms with van der Waals surface area (Å²) in [6.07, 6.45) is 0.940. The second kappa shape index (κ2) is 13.9. The number of carboxylic acid groups (broad SMARTS) is 1. The number of aliphatic carboxylic acids is 1. The van der Waals surface area contributed by atoms with E-state index in [-0.39, 0.29) is 10.8 Å². The lowest BCUT2D eigenvalue weighted by molar-refractivity contribution is -0.752. The minimum Gasteiger partial charge on any atom is -0.489 e. The highest BCUT2D eigenvalue weighted by Gasteiger charge is 2.58. The number of rotatable bonds is 15. The number of anilines is 2. The molecule has 19 nitrogen and oxygen atoms in total. The number of aromatic nitrogens is 3. The topological polar surface area (TPSA) is 281 Å². The largest absolute Gasteiger partial charge is 0.489 e. The summed E-state index contributed by atoms with van der Waals surface area (Å²) in [4.78, 5) is 46.9. The summed E-state index contributed by atoms with van der Waals surface area (Å²) in [7, 11) is -3.16. The molecule has 0 radical (unpaired) electrons. The number of benzene rings is 1. The van der Waals surface area contributed by atoms with Crippen LogP contribution in [0.5, 0.6) is 5.75 Å². The van der Waals surface area contributed by atoms with Crippen molar-refractivity contribution in [2.24, 2.45) is 17.9 Å². The van der Waals surface area contributed by atoms with Crippen molar-refractivity contribution in [3.05, 3.63) is 41.5 Å². The molecule has 1 aromatic carbocycles. The summed E-state index contributed by atoms with van der Waals surface area (Å²) in [5, 5.41) is 17.6. The van der Waals surface area contributed by atoms with E-state index in [2.05, 4.69) is 19.7 Å². The van der Waals surface area contributed by atoms with Crippen LogP contribution < -0.4 is 31.9 Å². The van der Waals surface area contributed by atoms with Gasteiger partial charge < -0.3 is 37.2 Å². The maximum absolute atomic E-state index is 13.2. The molecular weight excluding hydrogens is 662 g/mol. The fraction of sp³-hybridized carbons (Fsp3) is 0.385. The first-order valence-corrected chi connectivity index (χ1v) is 16.1. The maximum Gasteiger partial charge on any atom is 0.418 e. The molecule has 0 spiro atoms.